The van der Waals surface area contributed by atoms with E-state index in [0.717, 1.165) is 19.4 Å². The van der Waals surface area contributed by atoms with Crippen LogP contribution in [0.5, 0.6) is 0 Å². The first kappa shape index (κ1) is 13.0. The highest BCUT2D eigenvalue weighted by atomic mass is 16.5. The van der Waals surface area contributed by atoms with Gasteiger partial charge in [0.2, 0.25) is 11.8 Å². The molecule has 0 unspecified atom stereocenters. The van der Waals surface area contributed by atoms with Gasteiger partial charge < -0.3 is 9.15 Å². The molecule has 100 valence electrons. The molecule has 6 nitrogen and oxygen atoms in total. The van der Waals surface area contributed by atoms with E-state index in [-0.39, 0.29) is 11.9 Å². The molecule has 0 amide bonds. The van der Waals surface area contributed by atoms with Gasteiger partial charge in [0.05, 0.1) is 19.1 Å². The van der Waals surface area contributed by atoms with Gasteiger partial charge in [0.15, 0.2) is 0 Å². The van der Waals surface area contributed by atoms with E-state index in [1.165, 1.54) is 0 Å². The summed E-state index contributed by atoms with van der Waals surface area (Å²) in [4.78, 5) is 13.9. The molecule has 0 N–H and O–H groups in total. The van der Waals surface area contributed by atoms with Gasteiger partial charge in [-0.25, -0.2) is 0 Å². The second-order valence-electron chi connectivity index (χ2n) is 4.54. The lowest BCUT2D eigenvalue weighted by atomic mass is 9.98. The maximum Gasteiger partial charge on any atom is 0.310 e. The lowest BCUT2D eigenvalue weighted by molar-refractivity contribution is -0.150. The van der Waals surface area contributed by atoms with E-state index in [0.29, 0.717) is 31.5 Å². The maximum atomic E-state index is 11.7. The second-order valence-corrected chi connectivity index (χ2v) is 4.54. The number of likely N-dealkylation sites (tertiary alicyclic amines) is 1. The average Bonchev–Trinajstić information content (AvgIpc) is 2.75. The molecule has 1 aromatic heterocycles. The van der Waals surface area contributed by atoms with Gasteiger partial charge in [-0.2, -0.15) is 0 Å². The summed E-state index contributed by atoms with van der Waals surface area (Å²) in [6, 6.07) is 0. The van der Waals surface area contributed by atoms with Gasteiger partial charge >= 0.3 is 5.97 Å². The summed E-state index contributed by atoms with van der Waals surface area (Å²) in [5.41, 5.74) is 0. The average molecular weight is 253 g/mol. The third-order valence-electron chi connectivity index (χ3n) is 3.05. The van der Waals surface area contributed by atoms with E-state index in [4.69, 9.17) is 9.15 Å². The van der Waals surface area contributed by atoms with Crippen molar-refractivity contribution in [2.24, 2.45) is 5.92 Å². The Kier molecular flexibility index (Phi) is 4.30. The monoisotopic (exact) mass is 253 g/mol. The SMILES string of the molecule is CCOC(=O)[C@@H]1CCCN(Cc2nnc(C)o2)C1. The number of piperidine rings is 1. The first-order valence-corrected chi connectivity index (χ1v) is 6.37. The predicted octanol–water partition coefficient (Wildman–Crippen LogP) is 1.15. The Balaban J connectivity index is 1.88. The van der Waals surface area contributed by atoms with Crippen molar-refractivity contribution in [2.75, 3.05) is 19.7 Å². The number of esters is 1. The van der Waals surface area contributed by atoms with Crippen molar-refractivity contribution < 1.29 is 13.9 Å². The number of aryl methyl sites for hydroxylation is 1. The summed E-state index contributed by atoms with van der Waals surface area (Å²) in [6.07, 6.45) is 1.90. The predicted molar refractivity (Wildman–Crippen MR) is 63.7 cm³/mol. The zero-order valence-electron chi connectivity index (χ0n) is 10.9. The Morgan fingerprint density at radius 2 is 2.39 bits per heavy atom. The summed E-state index contributed by atoms with van der Waals surface area (Å²) in [5.74, 6) is 1.06. The number of carbonyl (C=O) groups is 1. The van der Waals surface area contributed by atoms with E-state index >= 15 is 0 Å². The van der Waals surface area contributed by atoms with Gasteiger partial charge in [-0.3, -0.25) is 9.69 Å². The Morgan fingerprint density at radius 1 is 1.56 bits per heavy atom. The van der Waals surface area contributed by atoms with E-state index in [1.807, 2.05) is 6.92 Å². The van der Waals surface area contributed by atoms with Crippen molar-refractivity contribution in [3.8, 4) is 0 Å². The Hall–Kier alpha value is -1.43. The van der Waals surface area contributed by atoms with E-state index in [9.17, 15) is 4.79 Å². The van der Waals surface area contributed by atoms with Gasteiger partial charge in [-0.1, -0.05) is 0 Å². The molecule has 2 heterocycles. The Morgan fingerprint density at radius 3 is 3.06 bits per heavy atom. The fraction of sp³-hybridized carbons (Fsp3) is 0.750. The van der Waals surface area contributed by atoms with Crippen LogP contribution in [0.3, 0.4) is 0 Å². The summed E-state index contributed by atoms with van der Waals surface area (Å²) in [5, 5.41) is 7.77. The largest absolute Gasteiger partial charge is 0.466 e. The number of carbonyl (C=O) groups excluding carboxylic acids is 1. The van der Waals surface area contributed by atoms with Gasteiger partial charge in [-0.05, 0) is 26.3 Å². The van der Waals surface area contributed by atoms with Crippen molar-refractivity contribution >= 4 is 5.97 Å². The Bertz CT molecular complexity index is 405. The number of hydrogen-bond donors (Lipinski definition) is 0. The molecule has 1 atom stereocenters. The fourth-order valence-electron chi connectivity index (χ4n) is 2.24. The van der Waals surface area contributed by atoms with E-state index < -0.39 is 0 Å². The Labute approximate surface area is 106 Å². The molecule has 6 heteroatoms. The highest BCUT2D eigenvalue weighted by molar-refractivity contribution is 5.72. The van der Waals surface area contributed by atoms with Gasteiger partial charge in [0, 0.05) is 13.5 Å². The lowest BCUT2D eigenvalue weighted by Crippen LogP contribution is -2.39. The number of ether oxygens (including phenoxy) is 1. The van der Waals surface area contributed by atoms with Crippen LogP contribution >= 0.6 is 0 Å². The van der Waals surface area contributed by atoms with Gasteiger partial charge in [0.25, 0.3) is 0 Å². The van der Waals surface area contributed by atoms with Crippen molar-refractivity contribution in [1.29, 1.82) is 0 Å². The van der Waals surface area contributed by atoms with E-state index in [2.05, 4.69) is 15.1 Å². The number of aromatic nitrogens is 2. The van der Waals surface area contributed by atoms with Crippen LogP contribution in [0, 0.1) is 12.8 Å². The first-order valence-electron chi connectivity index (χ1n) is 6.37. The van der Waals surface area contributed by atoms with Crippen molar-refractivity contribution in [3.05, 3.63) is 11.8 Å². The molecule has 1 saturated heterocycles. The maximum absolute atomic E-state index is 11.7. The number of rotatable bonds is 4. The van der Waals surface area contributed by atoms with Crippen LogP contribution in [0.4, 0.5) is 0 Å². The normalized spacial score (nSPS) is 20.9. The van der Waals surface area contributed by atoms with Gasteiger partial charge in [-0.15, -0.1) is 10.2 Å². The first-order chi connectivity index (χ1) is 8.69. The molecule has 0 bridgehead atoms. The zero-order valence-corrected chi connectivity index (χ0v) is 10.9. The highest BCUT2D eigenvalue weighted by Crippen LogP contribution is 2.19. The lowest BCUT2D eigenvalue weighted by Gasteiger charge is -2.30. The third kappa shape index (κ3) is 3.29. The van der Waals surface area contributed by atoms with Crippen LogP contribution in [0.2, 0.25) is 0 Å². The second kappa shape index (κ2) is 5.95. The van der Waals surface area contributed by atoms with Crippen LogP contribution in [-0.2, 0) is 16.1 Å². The number of nitrogens with zero attached hydrogens (tertiary/aromatic N) is 3. The van der Waals surface area contributed by atoms with E-state index in [1.54, 1.807) is 6.92 Å². The molecule has 1 aromatic rings. The summed E-state index contributed by atoms with van der Waals surface area (Å²) >= 11 is 0. The van der Waals surface area contributed by atoms with Crippen molar-refractivity contribution in [3.63, 3.8) is 0 Å². The standard InChI is InChI=1S/C12H19N3O3/c1-3-17-12(16)10-5-4-6-15(7-10)8-11-14-13-9(2)18-11/h10H,3-8H2,1-2H3/t10-/m1/s1. The minimum atomic E-state index is -0.0936. The molecular formula is C12H19N3O3. The van der Waals surface area contributed by atoms with Crippen LogP contribution in [0.15, 0.2) is 4.42 Å². The molecule has 2 rings (SSSR count). The minimum absolute atomic E-state index is 0.0253. The molecule has 18 heavy (non-hydrogen) atoms. The molecule has 1 fully saturated rings. The smallest absolute Gasteiger partial charge is 0.310 e. The number of hydrogen-bond acceptors (Lipinski definition) is 6. The summed E-state index contributed by atoms with van der Waals surface area (Å²) < 4.78 is 10.4. The molecule has 1 aliphatic heterocycles. The molecule has 0 saturated carbocycles. The molecule has 0 aliphatic carbocycles. The molecule has 0 spiro atoms. The fourth-order valence-corrected chi connectivity index (χ4v) is 2.24. The molecule has 0 radical (unpaired) electrons. The van der Waals surface area contributed by atoms with Crippen LogP contribution < -0.4 is 0 Å². The quantitative estimate of drug-likeness (QED) is 0.750. The van der Waals surface area contributed by atoms with Crippen molar-refractivity contribution in [1.82, 2.24) is 15.1 Å². The van der Waals surface area contributed by atoms with Gasteiger partial charge in [0.1, 0.15) is 0 Å². The molecule has 1 aliphatic rings. The zero-order chi connectivity index (χ0) is 13.0. The topological polar surface area (TPSA) is 68.5 Å². The minimum Gasteiger partial charge on any atom is -0.466 e. The molecular weight excluding hydrogens is 234 g/mol. The van der Waals surface area contributed by atoms with Crippen LogP contribution in [0.1, 0.15) is 31.5 Å². The highest BCUT2D eigenvalue weighted by Gasteiger charge is 2.27. The van der Waals surface area contributed by atoms with Crippen LogP contribution in [-0.4, -0.2) is 40.8 Å². The summed E-state index contributed by atoms with van der Waals surface area (Å²) in [6.45, 7) is 6.32. The van der Waals surface area contributed by atoms with Crippen molar-refractivity contribution in [2.45, 2.75) is 33.2 Å². The molecule has 0 aromatic carbocycles. The summed E-state index contributed by atoms with van der Waals surface area (Å²) in [7, 11) is 0. The van der Waals surface area contributed by atoms with Crippen LogP contribution in [0.25, 0.3) is 0 Å². The third-order valence-corrected chi connectivity index (χ3v) is 3.05.